The molecule has 25 heavy (non-hydrogen) atoms. The van der Waals surface area contributed by atoms with Gasteiger partial charge in [0.1, 0.15) is 23.1 Å². The molecule has 0 radical (unpaired) electrons. The average Bonchev–Trinajstić information content (AvgIpc) is 3.13. The van der Waals surface area contributed by atoms with Crippen LogP contribution in [0.25, 0.3) is 0 Å². The second-order valence-corrected chi connectivity index (χ2v) is 5.72. The predicted molar refractivity (Wildman–Crippen MR) is 95.1 cm³/mol. The Kier molecular flexibility index (Phi) is 5.09. The minimum atomic E-state index is -0.266. The number of hydrogen-bond donors (Lipinski definition) is 2. The first-order valence-electron chi connectivity index (χ1n) is 8.09. The molecular formula is C19H20N4O2. The van der Waals surface area contributed by atoms with E-state index in [1.54, 1.807) is 31.4 Å². The predicted octanol–water partition coefficient (Wildman–Crippen LogP) is 3.48. The van der Waals surface area contributed by atoms with Crippen LogP contribution in [0.15, 0.2) is 59.2 Å². The van der Waals surface area contributed by atoms with E-state index in [1.807, 2.05) is 37.3 Å². The third-order valence-electron chi connectivity index (χ3n) is 3.74. The zero-order valence-corrected chi connectivity index (χ0v) is 14.2. The number of benzene rings is 1. The van der Waals surface area contributed by atoms with Crippen molar-refractivity contribution in [1.82, 2.24) is 15.3 Å². The van der Waals surface area contributed by atoms with Crippen molar-refractivity contribution >= 4 is 11.7 Å². The van der Waals surface area contributed by atoms with Gasteiger partial charge >= 0.3 is 0 Å². The van der Waals surface area contributed by atoms with Crippen LogP contribution in [0.1, 0.15) is 40.6 Å². The largest absolute Gasteiger partial charge is 0.467 e. The number of carbonyl (C=O) groups is 1. The second kappa shape index (κ2) is 7.61. The number of rotatable bonds is 6. The number of furan rings is 1. The van der Waals surface area contributed by atoms with Gasteiger partial charge < -0.3 is 15.1 Å². The molecule has 1 atom stereocenters. The molecule has 3 rings (SSSR count). The Hall–Kier alpha value is -3.15. The molecule has 2 aromatic heterocycles. The molecule has 6 nitrogen and oxygen atoms in total. The first-order valence-corrected chi connectivity index (χ1v) is 8.09. The maximum Gasteiger partial charge on any atom is 0.270 e. The Balaban J connectivity index is 1.70. The molecule has 0 saturated carbocycles. The summed E-state index contributed by atoms with van der Waals surface area (Å²) < 4.78 is 5.21. The highest BCUT2D eigenvalue weighted by Gasteiger charge is 2.13. The fourth-order valence-electron chi connectivity index (χ4n) is 2.48. The fraction of sp³-hybridized carbons (Fsp3) is 0.211. The van der Waals surface area contributed by atoms with Crippen molar-refractivity contribution in [2.24, 2.45) is 0 Å². The van der Waals surface area contributed by atoms with Gasteiger partial charge in [-0.15, -0.1) is 0 Å². The minimum absolute atomic E-state index is 0.0644. The highest BCUT2D eigenvalue weighted by Crippen LogP contribution is 2.18. The van der Waals surface area contributed by atoms with E-state index in [0.717, 1.165) is 5.56 Å². The van der Waals surface area contributed by atoms with E-state index < -0.39 is 0 Å². The molecule has 2 N–H and O–H groups in total. The van der Waals surface area contributed by atoms with Gasteiger partial charge in [-0.05, 0) is 31.5 Å². The summed E-state index contributed by atoms with van der Waals surface area (Å²) in [5, 5.41) is 6.10. The number of amides is 1. The summed E-state index contributed by atoms with van der Waals surface area (Å²) in [5.41, 5.74) is 1.46. The summed E-state index contributed by atoms with van der Waals surface area (Å²) in [4.78, 5) is 20.9. The van der Waals surface area contributed by atoms with Crippen LogP contribution >= 0.6 is 0 Å². The van der Waals surface area contributed by atoms with Gasteiger partial charge in [-0.1, -0.05) is 30.3 Å². The van der Waals surface area contributed by atoms with Gasteiger partial charge in [0, 0.05) is 12.1 Å². The smallest absolute Gasteiger partial charge is 0.270 e. The van der Waals surface area contributed by atoms with Gasteiger partial charge in [0.25, 0.3) is 5.91 Å². The number of nitrogens with one attached hydrogen (secondary N) is 2. The van der Waals surface area contributed by atoms with Crippen LogP contribution in [0, 0.1) is 6.92 Å². The maximum atomic E-state index is 12.3. The van der Waals surface area contributed by atoms with Crippen LogP contribution in [-0.4, -0.2) is 15.9 Å². The summed E-state index contributed by atoms with van der Waals surface area (Å²) >= 11 is 0. The van der Waals surface area contributed by atoms with Gasteiger partial charge in [-0.25, -0.2) is 9.97 Å². The van der Waals surface area contributed by atoms with E-state index in [-0.39, 0.29) is 11.9 Å². The lowest BCUT2D eigenvalue weighted by atomic mass is 10.1. The molecule has 0 saturated heterocycles. The Morgan fingerprint density at radius 3 is 2.68 bits per heavy atom. The zero-order chi connectivity index (χ0) is 17.6. The second-order valence-electron chi connectivity index (χ2n) is 5.72. The Bertz CT molecular complexity index is 832. The Morgan fingerprint density at radius 1 is 1.16 bits per heavy atom. The lowest BCUT2D eigenvalue weighted by Crippen LogP contribution is -2.24. The normalized spacial score (nSPS) is 11.8. The van der Waals surface area contributed by atoms with Gasteiger partial charge in [-0.2, -0.15) is 0 Å². The fourth-order valence-corrected chi connectivity index (χ4v) is 2.48. The number of aromatic nitrogens is 2. The first kappa shape index (κ1) is 16.7. The molecule has 128 valence electrons. The molecule has 0 aliphatic heterocycles. The van der Waals surface area contributed by atoms with Crippen molar-refractivity contribution in [3.63, 3.8) is 0 Å². The molecule has 1 unspecified atom stereocenters. The SMILES string of the molecule is Cc1nc(NC(C)c2ccccc2)cc(C(=O)NCc2ccco2)n1. The molecule has 3 aromatic rings. The van der Waals surface area contributed by atoms with E-state index in [4.69, 9.17) is 4.42 Å². The van der Waals surface area contributed by atoms with Gasteiger partial charge in [0.15, 0.2) is 0 Å². The molecule has 0 spiro atoms. The monoisotopic (exact) mass is 336 g/mol. The highest BCUT2D eigenvalue weighted by molar-refractivity contribution is 5.92. The van der Waals surface area contributed by atoms with Crippen molar-refractivity contribution in [2.45, 2.75) is 26.4 Å². The highest BCUT2D eigenvalue weighted by atomic mass is 16.3. The van der Waals surface area contributed by atoms with Gasteiger partial charge in [-0.3, -0.25) is 4.79 Å². The van der Waals surface area contributed by atoms with Crippen LogP contribution in [0.3, 0.4) is 0 Å². The molecule has 0 aliphatic carbocycles. The number of nitrogens with zero attached hydrogens (tertiary/aromatic N) is 2. The van der Waals surface area contributed by atoms with E-state index in [2.05, 4.69) is 20.6 Å². The third kappa shape index (κ3) is 4.44. The van der Waals surface area contributed by atoms with Crippen LogP contribution in [-0.2, 0) is 6.54 Å². The van der Waals surface area contributed by atoms with Crippen molar-refractivity contribution in [1.29, 1.82) is 0 Å². The van der Waals surface area contributed by atoms with Crippen molar-refractivity contribution in [3.8, 4) is 0 Å². The van der Waals surface area contributed by atoms with Crippen molar-refractivity contribution < 1.29 is 9.21 Å². The van der Waals surface area contributed by atoms with Gasteiger partial charge in [0.2, 0.25) is 0 Å². The van der Waals surface area contributed by atoms with Crippen molar-refractivity contribution in [3.05, 3.63) is 77.6 Å². The molecular weight excluding hydrogens is 316 g/mol. The summed E-state index contributed by atoms with van der Waals surface area (Å²) in [6.07, 6.45) is 1.57. The number of carbonyl (C=O) groups excluding carboxylic acids is 1. The van der Waals surface area contributed by atoms with E-state index in [0.29, 0.717) is 29.6 Å². The van der Waals surface area contributed by atoms with Crippen LogP contribution < -0.4 is 10.6 Å². The van der Waals surface area contributed by atoms with Crippen LogP contribution in [0.5, 0.6) is 0 Å². The molecule has 2 heterocycles. The quantitative estimate of drug-likeness (QED) is 0.720. The number of anilines is 1. The topological polar surface area (TPSA) is 80.0 Å². The molecule has 1 aromatic carbocycles. The minimum Gasteiger partial charge on any atom is -0.467 e. The number of hydrogen-bond acceptors (Lipinski definition) is 5. The summed E-state index contributed by atoms with van der Waals surface area (Å²) in [6, 6.07) is 15.4. The molecule has 0 aliphatic rings. The van der Waals surface area contributed by atoms with E-state index in [9.17, 15) is 4.79 Å². The zero-order valence-electron chi connectivity index (χ0n) is 14.2. The molecule has 0 fully saturated rings. The average molecular weight is 336 g/mol. The molecule has 0 bridgehead atoms. The Labute approximate surface area is 146 Å². The maximum absolute atomic E-state index is 12.3. The van der Waals surface area contributed by atoms with Crippen molar-refractivity contribution in [2.75, 3.05) is 5.32 Å². The standard InChI is InChI=1S/C19H20N4O2/c1-13(15-7-4-3-5-8-15)21-18-11-17(22-14(2)23-18)19(24)20-12-16-9-6-10-25-16/h3-11,13H,12H2,1-2H3,(H,20,24)(H,21,22,23). The molecule has 6 heteroatoms. The molecule has 1 amide bonds. The lowest BCUT2D eigenvalue weighted by molar-refractivity contribution is 0.0942. The summed E-state index contributed by atoms with van der Waals surface area (Å²) in [5.74, 6) is 1.58. The van der Waals surface area contributed by atoms with Gasteiger partial charge in [0.05, 0.1) is 12.8 Å². The summed E-state index contributed by atoms with van der Waals surface area (Å²) in [7, 11) is 0. The lowest BCUT2D eigenvalue weighted by Gasteiger charge is -2.15. The van der Waals surface area contributed by atoms with Crippen LogP contribution in [0.4, 0.5) is 5.82 Å². The number of aryl methyl sites for hydroxylation is 1. The van der Waals surface area contributed by atoms with Crippen LogP contribution in [0.2, 0.25) is 0 Å². The third-order valence-corrected chi connectivity index (χ3v) is 3.74. The summed E-state index contributed by atoms with van der Waals surface area (Å²) in [6.45, 7) is 4.13. The Morgan fingerprint density at radius 2 is 1.96 bits per heavy atom. The van der Waals surface area contributed by atoms with E-state index in [1.165, 1.54) is 0 Å². The first-order chi connectivity index (χ1) is 12.1. The van der Waals surface area contributed by atoms with E-state index >= 15 is 0 Å².